The molecule has 0 aromatic heterocycles. The molecule has 1 saturated carbocycles. The van der Waals surface area contributed by atoms with Gasteiger partial charge in [0.15, 0.2) is 0 Å². The van der Waals surface area contributed by atoms with Gasteiger partial charge in [0.05, 0.1) is 0 Å². The Morgan fingerprint density at radius 2 is 1.84 bits per heavy atom. The van der Waals surface area contributed by atoms with Crippen LogP contribution in [0.4, 0.5) is 0 Å². The molecule has 0 spiro atoms. The average molecular weight is 260 g/mol. The molecule has 0 heterocycles. The molecule has 0 saturated heterocycles. The molecule has 1 aliphatic carbocycles. The van der Waals surface area contributed by atoms with Crippen molar-refractivity contribution < 1.29 is 4.79 Å². The largest absolute Gasteiger partial charge is 0.356 e. The molecule has 0 radical (unpaired) electrons. The molecule has 19 heavy (non-hydrogen) atoms. The van der Waals surface area contributed by atoms with Gasteiger partial charge >= 0.3 is 0 Å². The van der Waals surface area contributed by atoms with Gasteiger partial charge < -0.3 is 11.1 Å². The monoisotopic (exact) mass is 260 g/mol. The van der Waals surface area contributed by atoms with E-state index in [1.165, 1.54) is 5.56 Å². The highest BCUT2D eigenvalue weighted by atomic mass is 16.1. The average Bonchev–Trinajstić information content (AvgIpc) is 2.45. The summed E-state index contributed by atoms with van der Waals surface area (Å²) in [5.41, 5.74) is 7.10. The van der Waals surface area contributed by atoms with Crippen LogP contribution in [0.25, 0.3) is 0 Å². The van der Waals surface area contributed by atoms with E-state index >= 15 is 0 Å². The topological polar surface area (TPSA) is 55.1 Å². The number of aryl methyl sites for hydroxylation is 1. The summed E-state index contributed by atoms with van der Waals surface area (Å²) in [5, 5.41) is 3.06. The first-order valence-corrected chi connectivity index (χ1v) is 7.30. The number of carbonyl (C=O) groups is 1. The van der Waals surface area contributed by atoms with E-state index in [1.54, 1.807) is 0 Å². The lowest BCUT2D eigenvalue weighted by Crippen LogP contribution is -2.34. The normalized spacial score (nSPS) is 23.0. The minimum absolute atomic E-state index is 0.165. The van der Waals surface area contributed by atoms with Gasteiger partial charge in [-0.25, -0.2) is 0 Å². The standard InChI is InChI=1S/C16H24N2O/c17-15-9-6-14(7-10-15)12-18-16(19)11-8-13-4-2-1-3-5-13/h1-5,14-15H,6-12,17H2,(H,18,19). The maximum Gasteiger partial charge on any atom is 0.220 e. The zero-order valence-corrected chi connectivity index (χ0v) is 11.5. The van der Waals surface area contributed by atoms with E-state index in [4.69, 9.17) is 5.73 Å². The Labute approximate surface area is 115 Å². The van der Waals surface area contributed by atoms with Crippen LogP contribution in [0, 0.1) is 5.92 Å². The molecule has 1 fully saturated rings. The number of benzene rings is 1. The number of nitrogens with two attached hydrogens (primary N) is 1. The van der Waals surface area contributed by atoms with E-state index in [0.717, 1.165) is 38.6 Å². The molecule has 1 aromatic rings. The molecule has 1 amide bonds. The zero-order chi connectivity index (χ0) is 13.5. The van der Waals surface area contributed by atoms with Crippen LogP contribution >= 0.6 is 0 Å². The van der Waals surface area contributed by atoms with Crippen LogP contribution < -0.4 is 11.1 Å². The fourth-order valence-corrected chi connectivity index (χ4v) is 2.64. The van der Waals surface area contributed by atoms with Gasteiger partial charge in [0.2, 0.25) is 5.91 Å². The maximum absolute atomic E-state index is 11.8. The van der Waals surface area contributed by atoms with E-state index in [9.17, 15) is 4.79 Å². The van der Waals surface area contributed by atoms with Gasteiger partial charge in [0.25, 0.3) is 0 Å². The van der Waals surface area contributed by atoms with Gasteiger partial charge in [-0.1, -0.05) is 30.3 Å². The van der Waals surface area contributed by atoms with E-state index in [-0.39, 0.29) is 5.91 Å². The second-order valence-electron chi connectivity index (χ2n) is 5.57. The van der Waals surface area contributed by atoms with Crippen molar-refractivity contribution in [2.75, 3.05) is 6.54 Å². The van der Waals surface area contributed by atoms with E-state index in [0.29, 0.717) is 18.4 Å². The summed E-state index contributed by atoms with van der Waals surface area (Å²) in [5.74, 6) is 0.791. The second kappa shape index (κ2) is 7.29. The highest BCUT2D eigenvalue weighted by molar-refractivity contribution is 5.76. The number of nitrogens with one attached hydrogen (secondary N) is 1. The highest BCUT2D eigenvalue weighted by Gasteiger charge is 2.18. The molecular formula is C16H24N2O. The summed E-state index contributed by atoms with van der Waals surface area (Å²) >= 11 is 0. The molecule has 104 valence electrons. The molecule has 3 nitrogen and oxygen atoms in total. The first-order valence-electron chi connectivity index (χ1n) is 7.30. The van der Waals surface area contributed by atoms with Crippen LogP contribution in [0.3, 0.4) is 0 Å². The Morgan fingerprint density at radius 3 is 2.53 bits per heavy atom. The Kier molecular flexibility index (Phi) is 5.40. The van der Waals surface area contributed by atoms with Crippen molar-refractivity contribution in [2.45, 2.75) is 44.6 Å². The third kappa shape index (κ3) is 5.03. The van der Waals surface area contributed by atoms with Crippen molar-refractivity contribution in [1.82, 2.24) is 5.32 Å². The van der Waals surface area contributed by atoms with Crippen molar-refractivity contribution in [2.24, 2.45) is 11.7 Å². The van der Waals surface area contributed by atoms with Crippen LogP contribution in [-0.2, 0) is 11.2 Å². The maximum atomic E-state index is 11.8. The molecule has 2 rings (SSSR count). The minimum Gasteiger partial charge on any atom is -0.356 e. The number of hydrogen-bond acceptors (Lipinski definition) is 2. The Bertz CT molecular complexity index is 383. The summed E-state index contributed by atoms with van der Waals surface area (Å²) in [4.78, 5) is 11.8. The van der Waals surface area contributed by atoms with Crippen LogP contribution in [0.15, 0.2) is 30.3 Å². The van der Waals surface area contributed by atoms with Crippen molar-refractivity contribution in [3.05, 3.63) is 35.9 Å². The zero-order valence-electron chi connectivity index (χ0n) is 11.5. The molecule has 0 unspecified atom stereocenters. The lowest BCUT2D eigenvalue weighted by Gasteiger charge is -2.26. The third-order valence-electron chi connectivity index (χ3n) is 3.96. The predicted molar refractivity (Wildman–Crippen MR) is 77.7 cm³/mol. The van der Waals surface area contributed by atoms with E-state index < -0.39 is 0 Å². The second-order valence-corrected chi connectivity index (χ2v) is 5.57. The van der Waals surface area contributed by atoms with Crippen molar-refractivity contribution in [3.8, 4) is 0 Å². The fourth-order valence-electron chi connectivity index (χ4n) is 2.64. The van der Waals surface area contributed by atoms with Crippen LogP contribution in [0.5, 0.6) is 0 Å². The van der Waals surface area contributed by atoms with Gasteiger partial charge in [-0.2, -0.15) is 0 Å². The summed E-state index contributed by atoms with van der Waals surface area (Å²) < 4.78 is 0. The predicted octanol–water partition coefficient (Wildman–Crippen LogP) is 2.25. The van der Waals surface area contributed by atoms with Gasteiger partial charge in [-0.05, 0) is 43.6 Å². The first-order chi connectivity index (χ1) is 9.24. The summed E-state index contributed by atoms with van der Waals surface area (Å²) in [6.07, 6.45) is 5.91. The SMILES string of the molecule is NC1CCC(CNC(=O)CCc2ccccc2)CC1. The molecule has 1 aromatic carbocycles. The quantitative estimate of drug-likeness (QED) is 0.853. The number of rotatable bonds is 5. The minimum atomic E-state index is 0.165. The lowest BCUT2D eigenvalue weighted by molar-refractivity contribution is -0.121. The van der Waals surface area contributed by atoms with Gasteiger partial charge in [0, 0.05) is 19.0 Å². The van der Waals surface area contributed by atoms with Crippen molar-refractivity contribution >= 4 is 5.91 Å². The van der Waals surface area contributed by atoms with Crippen LogP contribution in [-0.4, -0.2) is 18.5 Å². The van der Waals surface area contributed by atoms with E-state index in [2.05, 4.69) is 17.4 Å². The molecule has 1 aliphatic rings. The fraction of sp³-hybridized carbons (Fsp3) is 0.562. The van der Waals surface area contributed by atoms with Crippen LogP contribution in [0.1, 0.15) is 37.7 Å². The molecule has 3 heteroatoms. The summed E-state index contributed by atoms with van der Waals surface area (Å²) in [6.45, 7) is 0.820. The van der Waals surface area contributed by atoms with Gasteiger partial charge in [-0.3, -0.25) is 4.79 Å². The molecule has 0 bridgehead atoms. The highest BCUT2D eigenvalue weighted by Crippen LogP contribution is 2.22. The van der Waals surface area contributed by atoms with Gasteiger partial charge in [-0.15, -0.1) is 0 Å². The Hall–Kier alpha value is -1.35. The van der Waals surface area contributed by atoms with Crippen molar-refractivity contribution in [1.29, 1.82) is 0 Å². The summed E-state index contributed by atoms with van der Waals surface area (Å²) in [6, 6.07) is 10.5. The number of hydrogen-bond donors (Lipinski definition) is 2. The van der Waals surface area contributed by atoms with Crippen LogP contribution in [0.2, 0.25) is 0 Å². The third-order valence-corrected chi connectivity index (χ3v) is 3.96. The first kappa shape index (κ1) is 14.1. The molecule has 0 aliphatic heterocycles. The summed E-state index contributed by atoms with van der Waals surface area (Å²) in [7, 11) is 0. The van der Waals surface area contributed by atoms with Crippen molar-refractivity contribution in [3.63, 3.8) is 0 Å². The molecule has 3 N–H and O–H groups in total. The lowest BCUT2D eigenvalue weighted by atomic mass is 9.86. The Balaban J connectivity index is 1.62. The van der Waals surface area contributed by atoms with Gasteiger partial charge in [0.1, 0.15) is 0 Å². The van der Waals surface area contributed by atoms with E-state index in [1.807, 2.05) is 18.2 Å². The number of carbonyl (C=O) groups excluding carboxylic acids is 1. The molecule has 0 atom stereocenters. The Morgan fingerprint density at radius 1 is 1.16 bits per heavy atom. The molecular weight excluding hydrogens is 236 g/mol. The smallest absolute Gasteiger partial charge is 0.220 e. The number of amides is 1.